The van der Waals surface area contributed by atoms with E-state index in [1.54, 1.807) is 12.1 Å². The summed E-state index contributed by atoms with van der Waals surface area (Å²) in [5.41, 5.74) is 6.47. The summed E-state index contributed by atoms with van der Waals surface area (Å²) < 4.78 is 11.3. The fraction of sp³-hybridized carbons (Fsp3) is 0.611. The van der Waals surface area contributed by atoms with Crippen molar-refractivity contribution in [3.8, 4) is 11.5 Å². The minimum absolute atomic E-state index is 0. The largest absolute Gasteiger partial charge is 0.490 e. The fourth-order valence-electron chi connectivity index (χ4n) is 2.42. The molecule has 0 spiro atoms. The number of amides is 1. The van der Waals surface area contributed by atoms with E-state index in [2.05, 4.69) is 12.2 Å². The highest BCUT2D eigenvalue weighted by atomic mass is 35.5. The number of carbonyl (C=O) groups is 1. The molecule has 1 aliphatic rings. The second-order valence-corrected chi connectivity index (χ2v) is 6.54. The Morgan fingerprint density at radius 3 is 2.68 bits per heavy atom. The molecule has 0 radical (unpaired) electrons. The van der Waals surface area contributed by atoms with Crippen LogP contribution in [0.1, 0.15) is 49.9 Å². The van der Waals surface area contributed by atoms with Crippen LogP contribution in [0.2, 0.25) is 5.02 Å². The first-order chi connectivity index (χ1) is 11.6. The maximum absolute atomic E-state index is 12.4. The zero-order valence-electron chi connectivity index (χ0n) is 14.8. The summed E-state index contributed by atoms with van der Waals surface area (Å²) >= 11 is 6.31. The van der Waals surface area contributed by atoms with E-state index in [1.165, 1.54) is 0 Å². The summed E-state index contributed by atoms with van der Waals surface area (Å²) in [5, 5.41) is 3.25. The molecule has 1 unspecified atom stereocenters. The highest BCUT2D eigenvalue weighted by Crippen LogP contribution is 2.37. The predicted molar refractivity (Wildman–Crippen MR) is 103 cm³/mol. The molecule has 5 nitrogen and oxygen atoms in total. The summed E-state index contributed by atoms with van der Waals surface area (Å²) in [6.45, 7) is 5.48. The highest BCUT2D eigenvalue weighted by Gasteiger charge is 2.28. The van der Waals surface area contributed by atoms with Crippen molar-refractivity contribution in [3.63, 3.8) is 0 Å². The van der Waals surface area contributed by atoms with E-state index < -0.39 is 0 Å². The molecule has 1 aromatic carbocycles. The normalized spacial score (nSPS) is 14.4. The van der Waals surface area contributed by atoms with Crippen LogP contribution in [0.3, 0.4) is 0 Å². The van der Waals surface area contributed by atoms with Crippen LogP contribution in [-0.2, 0) is 0 Å². The van der Waals surface area contributed by atoms with E-state index in [1.807, 2.05) is 6.92 Å². The summed E-state index contributed by atoms with van der Waals surface area (Å²) in [4.78, 5) is 12.4. The lowest BCUT2D eigenvalue weighted by Gasteiger charge is -2.16. The summed E-state index contributed by atoms with van der Waals surface area (Å²) in [7, 11) is 0. The van der Waals surface area contributed by atoms with Crippen molar-refractivity contribution in [3.05, 3.63) is 22.7 Å². The molecule has 2 rings (SSSR count). The van der Waals surface area contributed by atoms with Gasteiger partial charge in [-0.15, -0.1) is 12.4 Å². The molecule has 0 aliphatic heterocycles. The third-order valence-electron chi connectivity index (χ3n) is 4.04. The minimum atomic E-state index is -0.200. The van der Waals surface area contributed by atoms with Crippen molar-refractivity contribution in [2.45, 2.75) is 45.6 Å². The molecule has 7 heteroatoms. The molecular formula is C18H28Cl2N2O3. The number of halogens is 2. The summed E-state index contributed by atoms with van der Waals surface area (Å²) in [6.07, 6.45) is 4.27. The molecule has 25 heavy (non-hydrogen) atoms. The molecule has 3 N–H and O–H groups in total. The fourth-order valence-corrected chi connectivity index (χ4v) is 2.69. The van der Waals surface area contributed by atoms with Crippen LogP contribution in [0, 0.1) is 5.92 Å². The van der Waals surface area contributed by atoms with Gasteiger partial charge in [0, 0.05) is 18.2 Å². The van der Waals surface area contributed by atoms with Crippen molar-refractivity contribution in [1.82, 2.24) is 5.32 Å². The standard InChI is InChI=1S/C18H27ClN2O3.ClH/c1-3-5-8-24-17-14(19)9-13(10-16(17)23-4-2)18(22)21-11-15(20)12-6-7-12;/h9-10,12,15H,3-8,11,20H2,1-2H3,(H,21,22);1H. The molecule has 0 bridgehead atoms. The third-order valence-corrected chi connectivity index (χ3v) is 4.32. The Kier molecular flexibility index (Phi) is 9.39. The molecule has 1 amide bonds. The molecule has 0 saturated heterocycles. The van der Waals surface area contributed by atoms with Crippen molar-refractivity contribution in [2.24, 2.45) is 11.7 Å². The average molecular weight is 391 g/mol. The molecule has 0 heterocycles. The first kappa shape index (κ1) is 21.9. The van der Waals surface area contributed by atoms with Gasteiger partial charge in [0.05, 0.1) is 18.2 Å². The molecule has 1 atom stereocenters. The van der Waals surface area contributed by atoms with Crippen LogP contribution in [0.15, 0.2) is 12.1 Å². The Morgan fingerprint density at radius 2 is 2.08 bits per heavy atom. The lowest BCUT2D eigenvalue weighted by molar-refractivity contribution is 0.0949. The first-order valence-electron chi connectivity index (χ1n) is 8.69. The van der Waals surface area contributed by atoms with E-state index in [4.69, 9.17) is 26.8 Å². The molecule has 0 aromatic heterocycles. The van der Waals surface area contributed by atoms with Crippen molar-refractivity contribution in [2.75, 3.05) is 19.8 Å². The van der Waals surface area contributed by atoms with Crippen LogP contribution in [0.25, 0.3) is 0 Å². The predicted octanol–water partition coefficient (Wildman–Crippen LogP) is 3.81. The Bertz CT molecular complexity index is 565. The van der Waals surface area contributed by atoms with Gasteiger partial charge in [-0.25, -0.2) is 0 Å². The Balaban J connectivity index is 0.00000312. The number of hydrogen-bond acceptors (Lipinski definition) is 4. The van der Waals surface area contributed by atoms with Gasteiger partial charge >= 0.3 is 0 Å². The second kappa shape index (κ2) is 10.7. The zero-order chi connectivity index (χ0) is 17.5. The number of rotatable bonds is 10. The van der Waals surface area contributed by atoms with Gasteiger partial charge in [0.2, 0.25) is 0 Å². The number of ether oxygens (including phenoxy) is 2. The van der Waals surface area contributed by atoms with Crippen LogP contribution < -0.4 is 20.5 Å². The quantitative estimate of drug-likeness (QED) is 0.595. The van der Waals surface area contributed by atoms with Crippen molar-refractivity contribution >= 4 is 29.9 Å². The summed E-state index contributed by atoms with van der Waals surface area (Å²) in [5.74, 6) is 1.34. The van der Waals surface area contributed by atoms with E-state index in [9.17, 15) is 4.79 Å². The summed E-state index contributed by atoms with van der Waals surface area (Å²) in [6, 6.07) is 3.31. The Labute approximate surface area is 161 Å². The molecular weight excluding hydrogens is 363 g/mol. The van der Waals surface area contributed by atoms with E-state index in [0.29, 0.717) is 47.8 Å². The number of nitrogens with one attached hydrogen (secondary N) is 1. The van der Waals surface area contributed by atoms with Gasteiger partial charge in [0.1, 0.15) is 0 Å². The van der Waals surface area contributed by atoms with Crippen LogP contribution in [0.5, 0.6) is 11.5 Å². The Morgan fingerprint density at radius 1 is 1.36 bits per heavy atom. The number of hydrogen-bond donors (Lipinski definition) is 2. The van der Waals surface area contributed by atoms with Gasteiger partial charge in [0.15, 0.2) is 11.5 Å². The first-order valence-corrected chi connectivity index (χ1v) is 9.07. The number of unbranched alkanes of at least 4 members (excludes halogenated alkanes) is 1. The third kappa shape index (κ3) is 6.57. The van der Waals surface area contributed by atoms with Crippen LogP contribution in [-0.4, -0.2) is 31.7 Å². The van der Waals surface area contributed by atoms with Gasteiger partial charge in [-0.3, -0.25) is 4.79 Å². The van der Waals surface area contributed by atoms with Gasteiger partial charge in [-0.05, 0) is 44.2 Å². The SMILES string of the molecule is CCCCOc1c(Cl)cc(C(=O)NCC(N)C2CC2)cc1OCC.Cl. The van der Waals surface area contributed by atoms with Crippen molar-refractivity contribution < 1.29 is 14.3 Å². The molecule has 1 saturated carbocycles. The smallest absolute Gasteiger partial charge is 0.251 e. The minimum Gasteiger partial charge on any atom is -0.490 e. The van der Waals surface area contributed by atoms with Crippen molar-refractivity contribution in [1.29, 1.82) is 0 Å². The maximum Gasteiger partial charge on any atom is 0.251 e. The van der Waals surface area contributed by atoms with E-state index in [0.717, 1.165) is 25.7 Å². The van der Waals surface area contributed by atoms with Gasteiger partial charge in [-0.2, -0.15) is 0 Å². The monoisotopic (exact) mass is 390 g/mol. The lowest BCUT2D eigenvalue weighted by Crippen LogP contribution is -2.38. The molecule has 142 valence electrons. The van der Waals surface area contributed by atoms with Gasteiger partial charge in [0.25, 0.3) is 5.91 Å². The van der Waals surface area contributed by atoms with Gasteiger partial charge < -0.3 is 20.5 Å². The van der Waals surface area contributed by atoms with Crippen LogP contribution >= 0.6 is 24.0 Å². The number of benzene rings is 1. The average Bonchev–Trinajstić information content (AvgIpc) is 3.39. The highest BCUT2D eigenvalue weighted by molar-refractivity contribution is 6.32. The molecule has 1 aliphatic carbocycles. The molecule has 1 aromatic rings. The van der Waals surface area contributed by atoms with E-state index >= 15 is 0 Å². The van der Waals surface area contributed by atoms with Gasteiger partial charge in [-0.1, -0.05) is 24.9 Å². The zero-order valence-corrected chi connectivity index (χ0v) is 16.4. The van der Waals surface area contributed by atoms with Crippen LogP contribution in [0.4, 0.5) is 0 Å². The molecule has 1 fully saturated rings. The number of nitrogens with two attached hydrogens (primary N) is 1. The topological polar surface area (TPSA) is 73.6 Å². The lowest BCUT2D eigenvalue weighted by atomic mass is 10.1. The second-order valence-electron chi connectivity index (χ2n) is 6.13. The number of carbonyl (C=O) groups excluding carboxylic acids is 1. The Hall–Kier alpha value is -1.17. The van der Waals surface area contributed by atoms with E-state index in [-0.39, 0.29) is 24.4 Å². The maximum atomic E-state index is 12.4.